The van der Waals surface area contributed by atoms with Crippen molar-refractivity contribution in [2.45, 2.75) is 23.5 Å². The lowest BCUT2D eigenvalue weighted by atomic mass is 10.1. The summed E-state index contributed by atoms with van der Waals surface area (Å²) in [7, 11) is -1.02. The van der Waals surface area contributed by atoms with Crippen LogP contribution in [0, 0.1) is 0 Å². The van der Waals surface area contributed by atoms with Crippen LogP contribution >= 0.6 is 0 Å². The van der Waals surface area contributed by atoms with Gasteiger partial charge >= 0.3 is 0 Å². The maximum atomic E-state index is 10.8. The van der Waals surface area contributed by atoms with Gasteiger partial charge < -0.3 is 15.1 Å². The van der Waals surface area contributed by atoms with Gasteiger partial charge in [-0.1, -0.05) is 18.2 Å². The number of likely N-dealkylation sites (tertiary alicyclic amines) is 1. The fourth-order valence-electron chi connectivity index (χ4n) is 1.64. The molecular weight excluding hydrogens is 266 g/mol. The van der Waals surface area contributed by atoms with E-state index < -0.39 is 15.6 Å². The SMILES string of the molecule is CN1CCC(O)(O)CC1.CS(=O)(=O)c1ccccc1. The fraction of sp³-hybridized carbons (Fsp3) is 0.538. The first kappa shape index (κ1) is 16.1. The van der Waals surface area contributed by atoms with Crippen LogP contribution in [0.3, 0.4) is 0 Å². The predicted molar refractivity (Wildman–Crippen MR) is 73.5 cm³/mol. The van der Waals surface area contributed by atoms with E-state index in [-0.39, 0.29) is 0 Å². The quantitative estimate of drug-likeness (QED) is 0.735. The molecule has 1 saturated heterocycles. The zero-order chi connectivity index (χ0) is 14.5. The van der Waals surface area contributed by atoms with Crippen molar-refractivity contribution in [2.24, 2.45) is 0 Å². The van der Waals surface area contributed by atoms with Gasteiger partial charge in [0.2, 0.25) is 0 Å². The highest BCUT2D eigenvalue weighted by Gasteiger charge is 2.27. The lowest BCUT2D eigenvalue weighted by Crippen LogP contribution is -2.42. The highest BCUT2D eigenvalue weighted by atomic mass is 32.2. The Morgan fingerprint density at radius 1 is 1.11 bits per heavy atom. The van der Waals surface area contributed by atoms with Gasteiger partial charge in [-0.05, 0) is 19.2 Å². The van der Waals surface area contributed by atoms with E-state index >= 15 is 0 Å². The zero-order valence-electron chi connectivity index (χ0n) is 11.3. The lowest BCUT2D eigenvalue weighted by Gasteiger charge is -2.31. The van der Waals surface area contributed by atoms with Gasteiger partial charge in [0.15, 0.2) is 15.6 Å². The van der Waals surface area contributed by atoms with Gasteiger partial charge in [0.05, 0.1) is 4.90 Å². The molecule has 0 aromatic heterocycles. The van der Waals surface area contributed by atoms with E-state index in [1.807, 2.05) is 7.05 Å². The lowest BCUT2D eigenvalue weighted by molar-refractivity contribution is -0.187. The topological polar surface area (TPSA) is 77.8 Å². The van der Waals surface area contributed by atoms with Gasteiger partial charge in [0.25, 0.3) is 0 Å². The Hall–Kier alpha value is -0.950. The molecule has 1 heterocycles. The summed E-state index contributed by atoms with van der Waals surface area (Å²) < 4.78 is 21.7. The molecule has 2 rings (SSSR count). The molecule has 1 aliphatic heterocycles. The van der Waals surface area contributed by atoms with Crippen LogP contribution in [0.25, 0.3) is 0 Å². The van der Waals surface area contributed by atoms with E-state index in [1.165, 1.54) is 6.26 Å². The zero-order valence-corrected chi connectivity index (χ0v) is 12.1. The number of rotatable bonds is 1. The van der Waals surface area contributed by atoms with Crippen molar-refractivity contribution in [3.05, 3.63) is 30.3 Å². The second kappa shape index (κ2) is 6.47. The maximum Gasteiger partial charge on any atom is 0.175 e. The van der Waals surface area contributed by atoms with Crippen molar-refractivity contribution in [3.63, 3.8) is 0 Å². The minimum Gasteiger partial charge on any atom is -0.366 e. The summed E-state index contributed by atoms with van der Waals surface area (Å²) in [5.41, 5.74) is 0. The van der Waals surface area contributed by atoms with Crippen LogP contribution in [0.1, 0.15) is 12.8 Å². The fourth-order valence-corrected chi connectivity index (χ4v) is 2.30. The normalized spacial score (nSPS) is 19.4. The number of hydrogen-bond donors (Lipinski definition) is 2. The van der Waals surface area contributed by atoms with Gasteiger partial charge in [0, 0.05) is 32.2 Å². The van der Waals surface area contributed by atoms with Crippen molar-refractivity contribution in [3.8, 4) is 0 Å². The summed E-state index contributed by atoms with van der Waals surface area (Å²) in [6.07, 6.45) is 2.15. The number of aliphatic hydroxyl groups is 2. The molecule has 0 unspecified atom stereocenters. The van der Waals surface area contributed by atoms with E-state index in [2.05, 4.69) is 4.90 Å². The average Bonchev–Trinajstić information content (AvgIpc) is 2.34. The molecule has 2 N–H and O–H groups in total. The summed E-state index contributed by atoms with van der Waals surface area (Å²) in [4.78, 5) is 2.46. The first-order valence-electron chi connectivity index (χ1n) is 6.09. The van der Waals surface area contributed by atoms with Gasteiger partial charge in [-0.3, -0.25) is 0 Å². The molecule has 0 radical (unpaired) electrons. The number of sulfone groups is 1. The largest absolute Gasteiger partial charge is 0.366 e. The Balaban J connectivity index is 0.000000191. The molecule has 0 saturated carbocycles. The van der Waals surface area contributed by atoms with E-state index in [9.17, 15) is 8.42 Å². The Morgan fingerprint density at radius 3 is 1.89 bits per heavy atom. The predicted octanol–water partition coefficient (Wildman–Crippen LogP) is 0.483. The molecule has 0 atom stereocenters. The number of piperidine rings is 1. The van der Waals surface area contributed by atoms with Crippen molar-refractivity contribution in [2.75, 3.05) is 26.4 Å². The Labute approximate surface area is 114 Å². The standard InChI is InChI=1S/C7H8O2S.C6H13NO2/c1-10(8,9)7-5-3-2-4-6-7;1-7-4-2-6(8,9)3-5-7/h2-6H,1H3;8-9H,2-5H2,1H3. The molecule has 1 aromatic carbocycles. The maximum absolute atomic E-state index is 10.8. The van der Waals surface area contributed by atoms with E-state index in [4.69, 9.17) is 10.2 Å². The molecule has 0 spiro atoms. The molecule has 0 bridgehead atoms. The van der Waals surface area contributed by atoms with Crippen LogP contribution in [0.15, 0.2) is 35.2 Å². The summed E-state index contributed by atoms with van der Waals surface area (Å²) in [6.45, 7) is 1.57. The monoisotopic (exact) mass is 287 g/mol. The highest BCUT2D eigenvalue weighted by Crippen LogP contribution is 2.16. The smallest absolute Gasteiger partial charge is 0.175 e. The summed E-state index contributed by atoms with van der Waals surface area (Å²) in [6, 6.07) is 8.35. The number of hydrogen-bond acceptors (Lipinski definition) is 5. The molecule has 5 nitrogen and oxygen atoms in total. The molecule has 19 heavy (non-hydrogen) atoms. The van der Waals surface area contributed by atoms with E-state index in [0.717, 1.165) is 13.1 Å². The summed E-state index contributed by atoms with van der Waals surface area (Å²) in [5, 5.41) is 18.0. The Bertz CT molecular complexity index is 475. The van der Waals surface area contributed by atoms with Crippen LogP contribution in [0.2, 0.25) is 0 Å². The van der Waals surface area contributed by atoms with Crippen molar-refractivity contribution < 1.29 is 18.6 Å². The van der Waals surface area contributed by atoms with Gasteiger partial charge in [-0.25, -0.2) is 8.42 Å². The molecule has 1 aliphatic rings. The van der Waals surface area contributed by atoms with E-state index in [1.54, 1.807) is 30.3 Å². The van der Waals surface area contributed by atoms with Crippen LogP contribution in [-0.4, -0.2) is 55.7 Å². The molecule has 1 aromatic rings. The van der Waals surface area contributed by atoms with Gasteiger partial charge in [0.1, 0.15) is 0 Å². The highest BCUT2D eigenvalue weighted by molar-refractivity contribution is 7.90. The van der Waals surface area contributed by atoms with Crippen molar-refractivity contribution in [1.29, 1.82) is 0 Å². The summed E-state index contributed by atoms with van der Waals surface area (Å²) >= 11 is 0. The Morgan fingerprint density at radius 2 is 1.58 bits per heavy atom. The average molecular weight is 287 g/mol. The second-order valence-corrected chi connectivity index (χ2v) is 6.89. The third-order valence-corrected chi connectivity index (χ3v) is 4.09. The van der Waals surface area contributed by atoms with Crippen molar-refractivity contribution in [1.82, 2.24) is 4.90 Å². The second-order valence-electron chi connectivity index (χ2n) is 4.87. The van der Waals surface area contributed by atoms with Crippen LogP contribution in [0.4, 0.5) is 0 Å². The third-order valence-electron chi connectivity index (χ3n) is 2.96. The van der Waals surface area contributed by atoms with E-state index in [0.29, 0.717) is 17.7 Å². The molecule has 0 aliphatic carbocycles. The van der Waals surface area contributed by atoms with Gasteiger partial charge in [-0.2, -0.15) is 0 Å². The molecule has 1 fully saturated rings. The molecule has 0 amide bonds. The summed E-state index contributed by atoms with van der Waals surface area (Å²) in [5.74, 6) is -1.38. The first-order chi connectivity index (χ1) is 8.71. The molecule has 108 valence electrons. The first-order valence-corrected chi connectivity index (χ1v) is 7.98. The minimum absolute atomic E-state index is 0.370. The van der Waals surface area contributed by atoms with Crippen LogP contribution in [-0.2, 0) is 9.84 Å². The number of benzene rings is 1. The number of nitrogens with zero attached hydrogens (tertiary/aromatic N) is 1. The van der Waals surface area contributed by atoms with Gasteiger partial charge in [-0.15, -0.1) is 0 Å². The third kappa shape index (κ3) is 6.15. The molecule has 6 heteroatoms. The minimum atomic E-state index is -3.00. The Kier molecular flexibility index (Phi) is 5.49. The van der Waals surface area contributed by atoms with Crippen LogP contribution < -0.4 is 0 Å². The molecular formula is C13H21NO4S. The van der Waals surface area contributed by atoms with Crippen LogP contribution in [0.5, 0.6) is 0 Å². The van der Waals surface area contributed by atoms with Crippen molar-refractivity contribution >= 4 is 9.84 Å².